The van der Waals surface area contributed by atoms with Gasteiger partial charge in [-0.25, -0.2) is 9.69 Å². The van der Waals surface area contributed by atoms with Gasteiger partial charge in [0.25, 0.3) is 11.8 Å². The third kappa shape index (κ3) is 6.96. The summed E-state index contributed by atoms with van der Waals surface area (Å²) in [4.78, 5) is 40.1. The number of anilines is 1. The van der Waals surface area contributed by atoms with Gasteiger partial charge in [0.2, 0.25) is 0 Å². The predicted octanol–water partition coefficient (Wildman–Crippen LogP) is 8.24. The number of halogens is 2. The van der Waals surface area contributed by atoms with Crippen LogP contribution in [0.25, 0.3) is 16.8 Å². The SMILES string of the molecule is COc1cc(/C=C2\C(=O)NC(=O)N(c3ccc(OCc4ccc(Cl)cc4)cc3)C2=O)cc(I)c1OCc1c(C)ccc2ccccc12. The van der Waals surface area contributed by atoms with Crippen LogP contribution in [-0.2, 0) is 22.8 Å². The van der Waals surface area contributed by atoms with E-state index in [-0.39, 0.29) is 11.3 Å². The van der Waals surface area contributed by atoms with Crippen LogP contribution in [0, 0.1) is 10.5 Å². The summed E-state index contributed by atoms with van der Waals surface area (Å²) in [5.74, 6) is -0.0289. The molecule has 5 aromatic rings. The second-order valence-electron chi connectivity index (χ2n) is 10.8. The maximum Gasteiger partial charge on any atom is 0.335 e. The molecule has 8 nitrogen and oxygen atoms in total. The number of barbiturate groups is 1. The van der Waals surface area contributed by atoms with Crippen LogP contribution in [0.1, 0.15) is 22.3 Å². The molecule has 1 heterocycles. The third-order valence-corrected chi connectivity index (χ3v) is 8.77. The molecule has 0 aromatic heterocycles. The Bertz CT molecular complexity index is 2040. The Morgan fingerprint density at radius 1 is 0.872 bits per heavy atom. The molecule has 0 unspecified atom stereocenters. The van der Waals surface area contributed by atoms with Gasteiger partial charge in [-0.15, -0.1) is 0 Å². The van der Waals surface area contributed by atoms with E-state index in [0.717, 1.165) is 35.9 Å². The summed E-state index contributed by atoms with van der Waals surface area (Å²) in [7, 11) is 1.53. The molecular formula is C37H28ClIN2O6. The number of ether oxygens (including phenoxy) is 3. The number of hydrogen-bond donors (Lipinski definition) is 1. The van der Waals surface area contributed by atoms with Crippen LogP contribution in [0.2, 0.25) is 5.02 Å². The van der Waals surface area contributed by atoms with E-state index in [2.05, 4.69) is 52.2 Å². The zero-order valence-electron chi connectivity index (χ0n) is 25.4. The molecule has 1 aliphatic rings. The van der Waals surface area contributed by atoms with Gasteiger partial charge in [0.05, 0.1) is 16.4 Å². The van der Waals surface area contributed by atoms with Gasteiger partial charge in [0.15, 0.2) is 11.5 Å². The summed E-state index contributed by atoms with van der Waals surface area (Å²) < 4.78 is 18.5. The molecule has 0 aliphatic carbocycles. The fourth-order valence-corrected chi connectivity index (χ4v) is 6.15. The normalized spacial score (nSPS) is 14.0. The minimum Gasteiger partial charge on any atom is -0.493 e. The summed E-state index contributed by atoms with van der Waals surface area (Å²) in [6, 6.07) is 28.7. The first-order valence-electron chi connectivity index (χ1n) is 14.6. The smallest absolute Gasteiger partial charge is 0.335 e. The second kappa shape index (κ2) is 13.9. The van der Waals surface area contributed by atoms with Gasteiger partial charge >= 0.3 is 6.03 Å². The number of nitrogens with zero attached hydrogens (tertiary/aromatic N) is 1. The van der Waals surface area contributed by atoms with Crippen molar-refractivity contribution in [3.05, 3.63) is 133 Å². The highest BCUT2D eigenvalue weighted by Crippen LogP contribution is 2.36. The molecule has 10 heteroatoms. The fraction of sp³-hybridized carbons (Fsp3) is 0.108. The molecule has 0 radical (unpaired) electrons. The van der Waals surface area contributed by atoms with Gasteiger partial charge in [-0.05, 0) is 112 Å². The molecule has 0 spiro atoms. The zero-order chi connectivity index (χ0) is 33.1. The number of benzene rings is 5. The summed E-state index contributed by atoms with van der Waals surface area (Å²) in [6.07, 6.45) is 1.43. The number of carbonyl (C=O) groups is 3. The maximum absolute atomic E-state index is 13.6. The first kappa shape index (κ1) is 32.1. The molecule has 0 atom stereocenters. The largest absolute Gasteiger partial charge is 0.493 e. The highest BCUT2D eigenvalue weighted by atomic mass is 127. The minimum atomic E-state index is -0.841. The fourth-order valence-electron chi connectivity index (χ4n) is 5.24. The van der Waals surface area contributed by atoms with E-state index in [4.69, 9.17) is 25.8 Å². The lowest BCUT2D eigenvalue weighted by molar-refractivity contribution is -0.122. The van der Waals surface area contributed by atoms with E-state index < -0.39 is 17.8 Å². The number of urea groups is 1. The van der Waals surface area contributed by atoms with Crippen molar-refractivity contribution < 1.29 is 28.6 Å². The van der Waals surface area contributed by atoms with Crippen LogP contribution in [0.4, 0.5) is 10.5 Å². The van der Waals surface area contributed by atoms with E-state index in [0.29, 0.717) is 41.0 Å². The van der Waals surface area contributed by atoms with Crippen molar-refractivity contribution in [2.75, 3.05) is 12.0 Å². The summed E-state index contributed by atoms with van der Waals surface area (Å²) in [5.41, 5.74) is 3.72. The molecule has 4 amide bonds. The van der Waals surface area contributed by atoms with E-state index in [1.54, 1.807) is 48.5 Å². The number of methoxy groups -OCH3 is 1. The Morgan fingerprint density at radius 2 is 1.62 bits per heavy atom. The number of fused-ring (bicyclic) bond motifs is 1. The Morgan fingerprint density at radius 3 is 2.36 bits per heavy atom. The minimum absolute atomic E-state index is 0.203. The molecule has 5 aromatic carbocycles. The van der Waals surface area contributed by atoms with Crippen molar-refractivity contribution in [2.24, 2.45) is 0 Å². The average molecular weight is 759 g/mol. The van der Waals surface area contributed by atoms with Crippen molar-refractivity contribution in [1.82, 2.24) is 5.32 Å². The molecule has 1 saturated heterocycles. The maximum atomic E-state index is 13.6. The highest BCUT2D eigenvalue weighted by Gasteiger charge is 2.37. The number of carbonyl (C=O) groups excluding carboxylic acids is 3. The number of amides is 4. The molecule has 1 aliphatic heterocycles. The van der Waals surface area contributed by atoms with Crippen molar-refractivity contribution >= 4 is 74.6 Å². The van der Waals surface area contributed by atoms with Crippen LogP contribution < -0.4 is 24.4 Å². The van der Waals surface area contributed by atoms with Gasteiger partial charge in [-0.1, -0.05) is 60.1 Å². The first-order valence-corrected chi connectivity index (χ1v) is 16.0. The lowest BCUT2D eigenvalue weighted by atomic mass is 10.0. The standard InChI is InChI=1S/C37H28ClIN2O6/c1-22-7-10-25-5-3-4-6-29(25)31(22)21-47-34-32(39)18-24(19-33(34)45-2)17-30-35(42)40-37(44)41(36(30)43)27-13-15-28(16-14-27)46-20-23-8-11-26(38)12-9-23/h3-19H,20-21H2,1-2H3,(H,40,42,44)/b30-17+. The Labute approximate surface area is 290 Å². The third-order valence-electron chi connectivity index (χ3n) is 7.71. The van der Waals surface area contributed by atoms with Gasteiger partial charge in [-0.3, -0.25) is 14.9 Å². The predicted molar refractivity (Wildman–Crippen MR) is 190 cm³/mol. The Kier molecular flexibility index (Phi) is 9.46. The first-order chi connectivity index (χ1) is 22.7. The molecule has 1 fully saturated rings. The molecule has 6 rings (SSSR count). The number of imide groups is 2. The van der Waals surface area contributed by atoms with Crippen LogP contribution in [-0.4, -0.2) is 25.0 Å². The summed E-state index contributed by atoms with van der Waals surface area (Å²) >= 11 is 8.08. The van der Waals surface area contributed by atoms with Gasteiger partial charge in [-0.2, -0.15) is 0 Å². The molecule has 0 saturated carbocycles. The van der Waals surface area contributed by atoms with Crippen molar-refractivity contribution in [1.29, 1.82) is 0 Å². The van der Waals surface area contributed by atoms with Crippen molar-refractivity contribution in [2.45, 2.75) is 20.1 Å². The monoisotopic (exact) mass is 758 g/mol. The van der Waals surface area contributed by atoms with Gasteiger partial charge in [0.1, 0.15) is 24.5 Å². The van der Waals surface area contributed by atoms with Crippen LogP contribution in [0.15, 0.2) is 103 Å². The van der Waals surface area contributed by atoms with Gasteiger partial charge < -0.3 is 14.2 Å². The zero-order valence-corrected chi connectivity index (χ0v) is 28.3. The van der Waals surface area contributed by atoms with Crippen LogP contribution in [0.5, 0.6) is 17.2 Å². The number of rotatable bonds is 9. The molecular weight excluding hydrogens is 731 g/mol. The summed E-state index contributed by atoms with van der Waals surface area (Å²) in [5, 5.41) is 5.14. The van der Waals surface area contributed by atoms with Crippen LogP contribution in [0.3, 0.4) is 0 Å². The van der Waals surface area contributed by atoms with Crippen molar-refractivity contribution in [3.8, 4) is 17.2 Å². The second-order valence-corrected chi connectivity index (χ2v) is 12.4. The quantitative estimate of drug-likeness (QED) is 0.0925. The van der Waals surface area contributed by atoms with Crippen molar-refractivity contribution in [3.63, 3.8) is 0 Å². The number of hydrogen-bond acceptors (Lipinski definition) is 6. The lowest BCUT2D eigenvalue weighted by Gasteiger charge is -2.26. The number of aryl methyl sites for hydroxylation is 1. The lowest BCUT2D eigenvalue weighted by Crippen LogP contribution is -2.54. The van der Waals surface area contributed by atoms with Crippen LogP contribution >= 0.6 is 34.2 Å². The Balaban J connectivity index is 1.21. The van der Waals surface area contributed by atoms with E-state index in [1.807, 2.05) is 31.2 Å². The topological polar surface area (TPSA) is 94.2 Å². The molecule has 236 valence electrons. The Hall–Kier alpha value is -4.87. The average Bonchev–Trinajstić information content (AvgIpc) is 3.07. The molecule has 1 N–H and O–H groups in total. The number of nitrogens with one attached hydrogen (secondary N) is 1. The van der Waals surface area contributed by atoms with E-state index >= 15 is 0 Å². The molecule has 47 heavy (non-hydrogen) atoms. The highest BCUT2D eigenvalue weighted by molar-refractivity contribution is 14.1. The van der Waals surface area contributed by atoms with Gasteiger partial charge in [0, 0.05) is 10.6 Å². The van der Waals surface area contributed by atoms with E-state index in [9.17, 15) is 14.4 Å². The summed E-state index contributed by atoms with van der Waals surface area (Å²) in [6.45, 7) is 2.69. The van der Waals surface area contributed by atoms with E-state index in [1.165, 1.54) is 13.2 Å². The molecule has 0 bridgehead atoms.